The Bertz CT molecular complexity index is 437. The zero-order valence-electron chi connectivity index (χ0n) is 9.17. The molecule has 0 atom stereocenters. The highest BCUT2D eigenvalue weighted by Gasteiger charge is 2.15. The fraction of sp³-hybridized carbons (Fsp3) is 0.250. The SMILES string of the molecule is C#CCN(CC(=O)O)C(=O)Cc1cccnc1. The first-order valence-electron chi connectivity index (χ1n) is 4.95. The van der Waals surface area contributed by atoms with E-state index >= 15 is 0 Å². The molecule has 1 aromatic rings. The highest BCUT2D eigenvalue weighted by Crippen LogP contribution is 2.01. The van der Waals surface area contributed by atoms with Gasteiger partial charge in [-0.05, 0) is 11.6 Å². The number of pyridine rings is 1. The molecule has 0 aromatic carbocycles. The summed E-state index contributed by atoms with van der Waals surface area (Å²) in [6, 6.07) is 3.46. The molecule has 0 aliphatic rings. The molecule has 5 nitrogen and oxygen atoms in total. The van der Waals surface area contributed by atoms with Crippen molar-refractivity contribution in [3.8, 4) is 12.3 Å². The summed E-state index contributed by atoms with van der Waals surface area (Å²) >= 11 is 0. The van der Waals surface area contributed by atoms with Crippen molar-refractivity contribution < 1.29 is 14.7 Å². The van der Waals surface area contributed by atoms with Crippen LogP contribution in [0.2, 0.25) is 0 Å². The van der Waals surface area contributed by atoms with Crippen molar-refractivity contribution in [2.24, 2.45) is 0 Å². The molecule has 0 saturated carbocycles. The van der Waals surface area contributed by atoms with Crippen LogP contribution in [0, 0.1) is 12.3 Å². The second-order valence-corrected chi connectivity index (χ2v) is 3.39. The molecule has 17 heavy (non-hydrogen) atoms. The number of amides is 1. The van der Waals surface area contributed by atoms with Gasteiger partial charge in [-0.1, -0.05) is 12.0 Å². The van der Waals surface area contributed by atoms with Gasteiger partial charge in [-0.3, -0.25) is 14.6 Å². The summed E-state index contributed by atoms with van der Waals surface area (Å²) < 4.78 is 0. The number of carboxylic acid groups (broad SMARTS) is 1. The van der Waals surface area contributed by atoms with E-state index in [1.54, 1.807) is 24.5 Å². The van der Waals surface area contributed by atoms with E-state index in [-0.39, 0.29) is 25.4 Å². The quantitative estimate of drug-likeness (QED) is 0.735. The van der Waals surface area contributed by atoms with Crippen molar-refractivity contribution >= 4 is 11.9 Å². The Morgan fingerprint density at radius 2 is 2.29 bits per heavy atom. The molecule has 0 spiro atoms. The third-order valence-corrected chi connectivity index (χ3v) is 2.04. The van der Waals surface area contributed by atoms with Crippen LogP contribution in [-0.4, -0.2) is 40.0 Å². The fourth-order valence-corrected chi connectivity index (χ4v) is 1.29. The summed E-state index contributed by atoms with van der Waals surface area (Å²) in [6.07, 6.45) is 8.35. The van der Waals surface area contributed by atoms with Crippen LogP contribution in [0.25, 0.3) is 0 Å². The monoisotopic (exact) mass is 232 g/mol. The number of carbonyl (C=O) groups is 2. The molecule has 1 N–H and O–H groups in total. The first-order chi connectivity index (χ1) is 8.13. The standard InChI is InChI=1S/C12H12N2O3/c1-2-6-14(9-12(16)17)11(15)7-10-4-3-5-13-8-10/h1,3-5,8H,6-7,9H2,(H,16,17). The molecular formula is C12H12N2O3. The summed E-state index contributed by atoms with van der Waals surface area (Å²) in [6.45, 7) is -0.394. The van der Waals surface area contributed by atoms with Crippen LogP contribution in [0.4, 0.5) is 0 Å². The van der Waals surface area contributed by atoms with Gasteiger partial charge in [0, 0.05) is 12.4 Å². The van der Waals surface area contributed by atoms with Crippen LogP contribution < -0.4 is 0 Å². The molecule has 0 fully saturated rings. The number of hydrogen-bond acceptors (Lipinski definition) is 3. The predicted molar refractivity (Wildman–Crippen MR) is 61.0 cm³/mol. The molecule has 1 amide bonds. The number of terminal acetylenes is 1. The summed E-state index contributed by atoms with van der Waals surface area (Å²) in [5.41, 5.74) is 0.727. The number of rotatable bonds is 5. The minimum absolute atomic E-state index is 0.00854. The van der Waals surface area contributed by atoms with Gasteiger partial charge in [0.15, 0.2) is 0 Å². The van der Waals surface area contributed by atoms with E-state index in [1.165, 1.54) is 0 Å². The molecule has 0 saturated heterocycles. The molecule has 88 valence electrons. The summed E-state index contributed by atoms with van der Waals surface area (Å²) in [5.74, 6) is 0.861. The van der Waals surface area contributed by atoms with Crippen molar-refractivity contribution in [1.82, 2.24) is 9.88 Å². The Balaban J connectivity index is 2.66. The molecule has 1 heterocycles. The second-order valence-electron chi connectivity index (χ2n) is 3.39. The van der Waals surface area contributed by atoms with Crippen LogP contribution in [0.5, 0.6) is 0 Å². The lowest BCUT2D eigenvalue weighted by molar-refractivity contribution is -0.143. The molecule has 0 unspecified atom stereocenters. The van der Waals surface area contributed by atoms with Crippen molar-refractivity contribution in [3.63, 3.8) is 0 Å². The molecule has 0 bridgehead atoms. The Hall–Kier alpha value is -2.35. The first kappa shape index (κ1) is 12.7. The highest BCUT2D eigenvalue weighted by atomic mass is 16.4. The average molecular weight is 232 g/mol. The minimum atomic E-state index is -1.08. The largest absolute Gasteiger partial charge is 0.480 e. The van der Waals surface area contributed by atoms with E-state index in [2.05, 4.69) is 10.9 Å². The highest BCUT2D eigenvalue weighted by molar-refractivity contribution is 5.83. The van der Waals surface area contributed by atoms with Crippen molar-refractivity contribution in [2.75, 3.05) is 13.1 Å². The number of aromatic nitrogens is 1. The van der Waals surface area contributed by atoms with E-state index in [1.807, 2.05) is 0 Å². The first-order valence-corrected chi connectivity index (χ1v) is 4.95. The van der Waals surface area contributed by atoms with Crippen molar-refractivity contribution in [3.05, 3.63) is 30.1 Å². The molecule has 0 aliphatic heterocycles. The van der Waals surface area contributed by atoms with Crippen LogP contribution in [0.1, 0.15) is 5.56 Å². The van der Waals surface area contributed by atoms with Crippen LogP contribution in [-0.2, 0) is 16.0 Å². The number of carbonyl (C=O) groups excluding carboxylic acids is 1. The molecular weight excluding hydrogens is 220 g/mol. The molecule has 0 radical (unpaired) electrons. The summed E-state index contributed by atoms with van der Waals surface area (Å²) in [5, 5.41) is 8.65. The third kappa shape index (κ3) is 4.34. The molecule has 1 aromatic heterocycles. The molecule has 5 heteroatoms. The van der Waals surface area contributed by atoms with Gasteiger partial charge in [-0.2, -0.15) is 0 Å². The number of aliphatic carboxylic acids is 1. The minimum Gasteiger partial charge on any atom is -0.480 e. The van der Waals surface area contributed by atoms with E-state index in [0.717, 1.165) is 10.5 Å². The van der Waals surface area contributed by atoms with E-state index in [0.29, 0.717) is 0 Å². The topological polar surface area (TPSA) is 70.5 Å². The van der Waals surface area contributed by atoms with Gasteiger partial charge < -0.3 is 10.0 Å². The van der Waals surface area contributed by atoms with Crippen LogP contribution in [0.15, 0.2) is 24.5 Å². The molecule has 1 rings (SSSR count). The lowest BCUT2D eigenvalue weighted by atomic mass is 10.2. The lowest BCUT2D eigenvalue weighted by Gasteiger charge is -2.17. The van der Waals surface area contributed by atoms with E-state index in [9.17, 15) is 9.59 Å². The zero-order valence-corrected chi connectivity index (χ0v) is 9.17. The Labute approximate surface area is 99.1 Å². The summed E-state index contributed by atoms with van der Waals surface area (Å²) in [4.78, 5) is 27.3. The van der Waals surface area contributed by atoms with Crippen molar-refractivity contribution in [2.45, 2.75) is 6.42 Å². The Kier molecular flexibility index (Phi) is 4.70. The average Bonchev–Trinajstić information content (AvgIpc) is 2.29. The second kappa shape index (κ2) is 6.28. The zero-order chi connectivity index (χ0) is 12.7. The van der Waals surface area contributed by atoms with E-state index < -0.39 is 5.97 Å². The summed E-state index contributed by atoms with van der Waals surface area (Å²) in [7, 11) is 0. The predicted octanol–water partition coefficient (Wildman–Crippen LogP) is 0.170. The van der Waals surface area contributed by atoms with Gasteiger partial charge in [-0.25, -0.2) is 0 Å². The third-order valence-electron chi connectivity index (χ3n) is 2.04. The fourth-order valence-electron chi connectivity index (χ4n) is 1.29. The number of hydrogen-bond donors (Lipinski definition) is 1. The van der Waals surface area contributed by atoms with Gasteiger partial charge in [-0.15, -0.1) is 6.42 Å². The maximum absolute atomic E-state index is 11.8. The van der Waals surface area contributed by atoms with Gasteiger partial charge in [0.2, 0.25) is 5.91 Å². The normalized spacial score (nSPS) is 9.35. The van der Waals surface area contributed by atoms with Gasteiger partial charge in [0.05, 0.1) is 13.0 Å². The number of nitrogens with zero attached hydrogens (tertiary/aromatic N) is 2. The van der Waals surface area contributed by atoms with E-state index in [4.69, 9.17) is 11.5 Å². The van der Waals surface area contributed by atoms with Crippen LogP contribution >= 0.6 is 0 Å². The smallest absolute Gasteiger partial charge is 0.323 e. The van der Waals surface area contributed by atoms with Gasteiger partial charge >= 0.3 is 5.97 Å². The van der Waals surface area contributed by atoms with Gasteiger partial charge in [0.1, 0.15) is 6.54 Å². The molecule has 0 aliphatic carbocycles. The van der Waals surface area contributed by atoms with Crippen LogP contribution in [0.3, 0.4) is 0 Å². The van der Waals surface area contributed by atoms with Crippen molar-refractivity contribution in [1.29, 1.82) is 0 Å². The van der Waals surface area contributed by atoms with Gasteiger partial charge in [0.25, 0.3) is 0 Å². The Morgan fingerprint density at radius 1 is 1.53 bits per heavy atom. The number of carboxylic acids is 1. The lowest BCUT2D eigenvalue weighted by Crippen LogP contribution is -2.36. The maximum atomic E-state index is 11.8. The maximum Gasteiger partial charge on any atom is 0.323 e. The Morgan fingerprint density at radius 3 is 2.82 bits per heavy atom.